The van der Waals surface area contributed by atoms with Crippen LogP contribution in [-0.2, 0) is 19.4 Å². The molecule has 6 heteroatoms. The molecule has 26 heavy (non-hydrogen) atoms. The van der Waals surface area contributed by atoms with Gasteiger partial charge in [-0.05, 0) is 36.6 Å². The van der Waals surface area contributed by atoms with Crippen molar-refractivity contribution in [2.75, 3.05) is 19.6 Å². The van der Waals surface area contributed by atoms with E-state index in [4.69, 9.17) is 4.99 Å². The number of fused-ring (bicyclic) bond motifs is 2. The molecule has 0 aliphatic carbocycles. The monoisotopic (exact) mass is 348 g/mol. The summed E-state index contributed by atoms with van der Waals surface area (Å²) in [4.78, 5) is 7.18. The summed E-state index contributed by atoms with van der Waals surface area (Å²) in [5.74, 6) is 1.93. The summed E-state index contributed by atoms with van der Waals surface area (Å²) in [6, 6.07) is 14.6. The first-order valence-electron chi connectivity index (χ1n) is 9.24. The Kier molecular flexibility index (Phi) is 4.82. The zero-order valence-corrected chi connectivity index (χ0v) is 15.1. The highest BCUT2D eigenvalue weighted by Crippen LogP contribution is 2.18. The summed E-state index contributed by atoms with van der Waals surface area (Å²) >= 11 is 0. The van der Waals surface area contributed by atoms with Crippen molar-refractivity contribution in [1.29, 1.82) is 0 Å². The van der Waals surface area contributed by atoms with Crippen molar-refractivity contribution in [3.8, 4) is 0 Å². The van der Waals surface area contributed by atoms with Crippen molar-refractivity contribution in [2.45, 2.75) is 26.3 Å². The largest absolute Gasteiger partial charge is 0.357 e. The summed E-state index contributed by atoms with van der Waals surface area (Å²) < 4.78 is 2.03. The zero-order valence-electron chi connectivity index (χ0n) is 15.1. The third-order valence-corrected chi connectivity index (χ3v) is 4.75. The average Bonchev–Trinajstić information content (AvgIpc) is 3.10. The highest BCUT2D eigenvalue weighted by atomic mass is 15.3. The molecule has 134 valence electrons. The first kappa shape index (κ1) is 16.6. The van der Waals surface area contributed by atoms with E-state index >= 15 is 0 Å². The number of aromatic nitrogens is 3. The summed E-state index contributed by atoms with van der Waals surface area (Å²) in [5.41, 5.74) is 3.73. The van der Waals surface area contributed by atoms with Crippen LogP contribution in [0.5, 0.6) is 0 Å². The minimum absolute atomic E-state index is 0.691. The second kappa shape index (κ2) is 7.56. The second-order valence-corrected chi connectivity index (χ2v) is 6.47. The molecule has 6 nitrogen and oxygen atoms in total. The van der Waals surface area contributed by atoms with Gasteiger partial charge in [-0.3, -0.25) is 9.39 Å². The molecule has 0 bridgehead atoms. The first-order valence-corrected chi connectivity index (χ1v) is 9.24. The fourth-order valence-electron chi connectivity index (χ4n) is 3.43. The smallest absolute Gasteiger partial charge is 0.194 e. The van der Waals surface area contributed by atoms with Crippen molar-refractivity contribution in [3.63, 3.8) is 0 Å². The Morgan fingerprint density at radius 1 is 1.12 bits per heavy atom. The van der Waals surface area contributed by atoms with Gasteiger partial charge in [0.05, 0.1) is 0 Å². The number of hydrogen-bond donors (Lipinski definition) is 1. The lowest BCUT2D eigenvalue weighted by atomic mass is 10.0. The van der Waals surface area contributed by atoms with Crippen molar-refractivity contribution in [3.05, 3.63) is 65.6 Å². The molecule has 0 amide bonds. The molecule has 0 unspecified atom stereocenters. The molecule has 1 N–H and O–H groups in total. The van der Waals surface area contributed by atoms with Gasteiger partial charge >= 0.3 is 0 Å². The van der Waals surface area contributed by atoms with Crippen LogP contribution in [0.3, 0.4) is 0 Å². The molecule has 0 fully saturated rings. The van der Waals surface area contributed by atoms with Gasteiger partial charge in [-0.25, -0.2) is 0 Å². The predicted octanol–water partition coefficient (Wildman–Crippen LogP) is 2.30. The van der Waals surface area contributed by atoms with E-state index in [1.807, 2.05) is 28.8 Å². The van der Waals surface area contributed by atoms with E-state index in [9.17, 15) is 0 Å². The van der Waals surface area contributed by atoms with Crippen LogP contribution in [0, 0.1) is 0 Å². The predicted molar refractivity (Wildman–Crippen MR) is 103 cm³/mol. The number of guanidine groups is 1. The molecule has 2 aromatic heterocycles. The molecule has 3 heterocycles. The van der Waals surface area contributed by atoms with Gasteiger partial charge in [0.1, 0.15) is 5.82 Å². The maximum absolute atomic E-state index is 4.84. The summed E-state index contributed by atoms with van der Waals surface area (Å²) in [6.07, 6.45) is 3.83. The third kappa shape index (κ3) is 3.40. The number of rotatable bonds is 4. The molecule has 3 aromatic rings. The minimum atomic E-state index is 0.691. The average molecular weight is 348 g/mol. The van der Waals surface area contributed by atoms with Gasteiger partial charge in [-0.1, -0.05) is 30.3 Å². The van der Waals surface area contributed by atoms with Crippen molar-refractivity contribution >= 4 is 11.6 Å². The molecule has 1 aliphatic heterocycles. The van der Waals surface area contributed by atoms with Crippen LogP contribution >= 0.6 is 0 Å². The van der Waals surface area contributed by atoms with E-state index in [1.54, 1.807) is 0 Å². The second-order valence-electron chi connectivity index (χ2n) is 6.47. The Labute approximate surface area is 153 Å². The summed E-state index contributed by atoms with van der Waals surface area (Å²) in [5, 5.41) is 11.9. The number of benzene rings is 1. The van der Waals surface area contributed by atoms with Crippen LogP contribution in [0.4, 0.5) is 0 Å². The highest BCUT2D eigenvalue weighted by molar-refractivity contribution is 5.80. The van der Waals surface area contributed by atoms with Crippen molar-refractivity contribution < 1.29 is 0 Å². The lowest BCUT2D eigenvalue weighted by Gasteiger charge is -2.31. The molecule has 0 radical (unpaired) electrons. The Morgan fingerprint density at radius 2 is 1.96 bits per heavy atom. The van der Waals surface area contributed by atoms with Crippen molar-refractivity contribution in [2.24, 2.45) is 4.99 Å². The molecule has 1 aliphatic rings. The molecular formula is C20H24N6. The molecule has 0 spiro atoms. The van der Waals surface area contributed by atoms with Gasteiger partial charge in [-0.2, -0.15) is 0 Å². The number of pyridine rings is 1. The van der Waals surface area contributed by atoms with Crippen LogP contribution in [-0.4, -0.2) is 45.1 Å². The van der Waals surface area contributed by atoms with Gasteiger partial charge < -0.3 is 10.2 Å². The molecule has 0 atom stereocenters. The Hall–Kier alpha value is -2.89. The van der Waals surface area contributed by atoms with Crippen LogP contribution in [0.1, 0.15) is 23.9 Å². The van der Waals surface area contributed by atoms with E-state index in [-0.39, 0.29) is 0 Å². The van der Waals surface area contributed by atoms with Gasteiger partial charge in [0.15, 0.2) is 11.6 Å². The Balaban J connectivity index is 1.46. The standard InChI is InChI=1S/C20H24N6/c1-2-21-20(25-14-11-16-7-3-4-8-17(16)15-25)22-12-10-19-24-23-18-9-5-6-13-26(18)19/h3-9,13H,2,10-12,14-15H2,1H3,(H,21,22). The Bertz CT molecular complexity index is 913. The maximum atomic E-state index is 4.84. The normalized spacial score (nSPS) is 14.5. The highest BCUT2D eigenvalue weighted by Gasteiger charge is 2.18. The lowest BCUT2D eigenvalue weighted by molar-refractivity contribution is 0.378. The molecule has 4 rings (SSSR count). The number of nitrogens with one attached hydrogen (secondary N) is 1. The first-order chi connectivity index (χ1) is 12.8. The number of nitrogens with zero attached hydrogens (tertiary/aromatic N) is 5. The van der Waals surface area contributed by atoms with E-state index in [1.165, 1.54) is 11.1 Å². The zero-order chi connectivity index (χ0) is 17.8. The fraction of sp³-hybridized carbons (Fsp3) is 0.350. The van der Waals surface area contributed by atoms with Gasteiger partial charge in [-0.15, -0.1) is 10.2 Å². The van der Waals surface area contributed by atoms with Crippen molar-refractivity contribution in [1.82, 2.24) is 24.8 Å². The molecule has 0 saturated carbocycles. The van der Waals surface area contributed by atoms with Gasteiger partial charge in [0, 0.05) is 38.8 Å². The topological polar surface area (TPSA) is 57.8 Å². The van der Waals surface area contributed by atoms with E-state index < -0.39 is 0 Å². The van der Waals surface area contributed by atoms with Crippen LogP contribution in [0.25, 0.3) is 5.65 Å². The SMILES string of the molecule is CCNC(=NCCc1nnc2ccccn12)N1CCc2ccccc2C1. The lowest BCUT2D eigenvalue weighted by Crippen LogP contribution is -2.44. The summed E-state index contributed by atoms with van der Waals surface area (Å²) in [6.45, 7) is 5.58. The van der Waals surface area contributed by atoms with Crippen LogP contribution < -0.4 is 5.32 Å². The van der Waals surface area contributed by atoms with Gasteiger partial charge in [0.25, 0.3) is 0 Å². The minimum Gasteiger partial charge on any atom is -0.357 e. The van der Waals surface area contributed by atoms with Crippen LogP contribution in [0.15, 0.2) is 53.7 Å². The van der Waals surface area contributed by atoms with E-state index in [0.29, 0.717) is 6.54 Å². The maximum Gasteiger partial charge on any atom is 0.194 e. The number of aliphatic imine (C=N–C) groups is 1. The number of hydrogen-bond acceptors (Lipinski definition) is 3. The van der Waals surface area contributed by atoms with E-state index in [2.05, 4.69) is 51.6 Å². The molecule has 1 aromatic carbocycles. The third-order valence-electron chi connectivity index (χ3n) is 4.75. The molecular weight excluding hydrogens is 324 g/mol. The van der Waals surface area contributed by atoms with Gasteiger partial charge in [0.2, 0.25) is 0 Å². The van der Waals surface area contributed by atoms with E-state index in [0.717, 1.165) is 49.9 Å². The quantitative estimate of drug-likeness (QED) is 0.581. The van der Waals surface area contributed by atoms with Crippen LogP contribution in [0.2, 0.25) is 0 Å². The Morgan fingerprint density at radius 3 is 2.85 bits per heavy atom. The molecule has 0 saturated heterocycles. The summed E-state index contributed by atoms with van der Waals surface area (Å²) in [7, 11) is 0. The fourth-order valence-corrected chi connectivity index (χ4v) is 3.43.